The van der Waals surface area contributed by atoms with Gasteiger partial charge in [0.2, 0.25) is 0 Å². The maximum Gasteiger partial charge on any atom is 0.252 e. The van der Waals surface area contributed by atoms with Crippen LogP contribution >= 0.6 is 0 Å². The predicted molar refractivity (Wildman–Crippen MR) is 62.2 cm³/mol. The van der Waals surface area contributed by atoms with Crippen molar-refractivity contribution in [3.05, 3.63) is 35.4 Å². The predicted octanol–water partition coefficient (Wildman–Crippen LogP) is 1.37. The van der Waals surface area contributed by atoms with Crippen LogP contribution in [0.3, 0.4) is 0 Å². The molecule has 1 amide bonds. The lowest BCUT2D eigenvalue weighted by molar-refractivity contribution is -0.116. The minimum absolute atomic E-state index is 0.183. The van der Waals surface area contributed by atoms with E-state index < -0.39 is 0 Å². The highest BCUT2D eigenvalue weighted by atomic mass is 16.5. The first kappa shape index (κ1) is 10.4. The lowest BCUT2D eigenvalue weighted by Gasteiger charge is -2.00. The lowest BCUT2D eigenvalue weighted by atomic mass is 10.1. The van der Waals surface area contributed by atoms with E-state index in [-0.39, 0.29) is 12.3 Å². The van der Waals surface area contributed by atoms with Crippen LogP contribution in [0.25, 0.3) is 6.08 Å². The minimum atomic E-state index is -0.183. The van der Waals surface area contributed by atoms with Gasteiger partial charge >= 0.3 is 0 Å². The SMILES string of the molecule is COc1ccc(C=C2CC(=O)N=C2N)cc1. The Balaban J connectivity index is 2.23. The molecule has 1 aromatic carbocycles. The average molecular weight is 216 g/mol. The van der Waals surface area contributed by atoms with Crippen molar-refractivity contribution in [1.29, 1.82) is 0 Å². The Morgan fingerprint density at radius 2 is 2.06 bits per heavy atom. The lowest BCUT2D eigenvalue weighted by Crippen LogP contribution is -2.09. The zero-order chi connectivity index (χ0) is 11.5. The van der Waals surface area contributed by atoms with Crippen LogP contribution in [0.4, 0.5) is 0 Å². The van der Waals surface area contributed by atoms with Gasteiger partial charge in [-0.05, 0) is 23.8 Å². The Labute approximate surface area is 93.4 Å². The molecule has 0 aromatic heterocycles. The highest BCUT2D eigenvalue weighted by Crippen LogP contribution is 2.18. The van der Waals surface area contributed by atoms with E-state index in [0.717, 1.165) is 16.9 Å². The Morgan fingerprint density at radius 1 is 1.38 bits per heavy atom. The molecule has 0 saturated carbocycles. The Morgan fingerprint density at radius 3 is 2.56 bits per heavy atom. The molecule has 0 atom stereocenters. The second-order valence-electron chi connectivity index (χ2n) is 3.51. The molecule has 0 radical (unpaired) electrons. The topological polar surface area (TPSA) is 64.7 Å². The summed E-state index contributed by atoms with van der Waals surface area (Å²) in [6.07, 6.45) is 2.15. The van der Waals surface area contributed by atoms with Crippen LogP contribution in [0.2, 0.25) is 0 Å². The molecule has 0 fully saturated rings. The summed E-state index contributed by atoms with van der Waals surface area (Å²) in [6.45, 7) is 0. The van der Waals surface area contributed by atoms with Crippen molar-refractivity contribution in [2.75, 3.05) is 7.11 Å². The van der Waals surface area contributed by atoms with Crippen LogP contribution < -0.4 is 10.5 Å². The Bertz CT molecular complexity index is 472. The van der Waals surface area contributed by atoms with Crippen LogP contribution in [0.1, 0.15) is 12.0 Å². The second-order valence-corrected chi connectivity index (χ2v) is 3.51. The number of rotatable bonds is 2. The number of ether oxygens (including phenoxy) is 1. The Hall–Kier alpha value is -2.10. The summed E-state index contributed by atoms with van der Waals surface area (Å²) in [7, 11) is 1.62. The van der Waals surface area contributed by atoms with Crippen molar-refractivity contribution < 1.29 is 9.53 Å². The summed E-state index contributed by atoms with van der Waals surface area (Å²) in [4.78, 5) is 14.7. The van der Waals surface area contributed by atoms with Gasteiger partial charge in [0.15, 0.2) is 0 Å². The standard InChI is InChI=1S/C12H12N2O2/c1-16-10-4-2-8(3-5-10)6-9-7-11(15)14-12(9)13/h2-6H,7H2,1H3,(H2,13,14,15). The van der Waals surface area contributed by atoms with Crippen molar-refractivity contribution in [2.24, 2.45) is 10.7 Å². The number of methoxy groups -OCH3 is 1. The van der Waals surface area contributed by atoms with Gasteiger partial charge in [-0.2, -0.15) is 4.99 Å². The zero-order valence-corrected chi connectivity index (χ0v) is 8.93. The van der Waals surface area contributed by atoms with Crippen molar-refractivity contribution in [3.63, 3.8) is 0 Å². The fraction of sp³-hybridized carbons (Fsp3) is 0.167. The maximum absolute atomic E-state index is 11.0. The fourth-order valence-electron chi connectivity index (χ4n) is 1.53. The molecule has 0 spiro atoms. The van der Waals surface area contributed by atoms with E-state index in [1.165, 1.54) is 0 Å². The van der Waals surface area contributed by atoms with E-state index in [2.05, 4.69) is 4.99 Å². The van der Waals surface area contributed by atoms with Crippen molar-refractivity contribution in [1.82, 2.24) is 0 Å². The van der Waals surface area contributed by atoms with Crippen LogP contribution in [0.15, 0.2) is 34.8 Å². The van der Waals surface area contributed by atoms with Gasteiger partial charge < -0.3 is 10.5 Å². The quantitative estimate of drug-likeness (QED) is 0.811. The zero-order valence-electron chi connectivity index (χ0n) is 8.93. The summed E-state index contributed by atoms with van der Waals surface area (Å²) >= 11 is 0. The van der Waals surface area contributed by atoms with Gasteiger partial charge in [-0.3, -0.25) is 4.79 Å². The number of aliphatic imine (C=N–C) groups is 1. The van der Waals surface area contributed by atoms with Crippen LogP contribution in [-0.2, 0) is 4.79 Å². The smallest absolute Gasteiger partial charge is 0.252 e. The van der Waals surface area contributed by atoms with E-state index in [9.17, 15) is 4.79 Å². The third kappa shape index (κ3) is 2.11. The monoisotopic (exact) mass is 216 g/mol. The average Bonchev–Trinajstić information content (AvgIpc) is 2.59. The number of amides is 1. The minimum Gasteiger partial charge on any atom is -0.497 e. The first-order valence-corrected chi connectivity index (χ1v) is 4.91. The molecule has 0 bridgehead atoms. The molecule has 0 saturated heterocycles. The number of benzene rings is 1. The van der Waals surface area contributed by atoms with E-state index in [0.29, 0.717) is 5.84 Å². The van der Waals surface area contributed by atoms with Gasteiger partial charge in [-0.25, -0.2) is 0 Å². The van der Waals surface area contributed by atoms with Crippen LogP contribution in [-0.4, -0.2) is 18.9 Å². The van der Waals surface area contributed by atoms with Gasteiger partial charge in [-0.15, -0.1) is 0 Å². The molecule has 2 rings (SSSR count). The third-order valence-corrected chi connectivity index (χ3v) is 2.37. The van der Waals surface area contributed by atoms with E-state index in [1.807, 2.05) is 30.3 Å². The molecule has 16 heavy (non-hydrogen) atoms. The highest BCUT2D eigenvalue weighted by molar-refractivity contribution is 6.14. The first-order chi connectivity index (χ1) is 7.69. The van der Waals surface area contributed by atoms with E-state index in [1.54, 1.807) is 7.11 Å². The van der Waals surface area contributed by atoms with Gasteiger partial charge in [0.25, 0.3) is 5.91 Å². The molecule has 0 unspecified atom stereocenters. The molecule has 1 aromatic rings. The molecule has 4 heteroatoms. The van der Waals surface area contributed by atoms with Crippen molar-refractivity contribution >= 4 is 17.8 Å². The maximum atomic E-state index is 11.0. The molecule has 0 aliphatic carbocycles. The Kier molecular flexibility index (Phi) is 2.72. The molecule has 1 aliphatic heterocycles. The first-order valence-electron chi connectivity index (χ1n) is 4.91. The van der Waals surface area contributed by atoms with Gasteiger partial charge in [0.1, 0.15) is 11.6 Å². The largest absolute Gasteiger partial charge is 0.497 e. The molecule has 82 valence electrons. The molecule has 1 aliphatic rings. The molecule has 4 nitrogen and oxygen atoms in total. The number of carbonyl (C=O) groups is 1. The summed E-state index contributed by atoms with van der Waals surface area (Å²) in [6, 6.07) is 7.52. The normalized spacial score (nSPS) is 17.7. The number of nitrogens with two attached hydrogens (primary N) is 1. The molecular formula is C12H12N2O2. The van der Waals surface area contributed by atoms with Gasteiger partial charge in [-0.1, -0.05) is 12.1 Å². The summed E-state index contributed by atoms with van der Waals surface area (Å²) in [5.74, 6) is 0.935. The fourth-order valence-corrected chi connectivity index (χ4v) is 1.53. The highest BCUT2D eigenvalue weighted by Gasteiger charge is 2.16. The third-order valence-electron chi connectivity index (χ3n) is 2.37. The summed E-state index contributed by atoms with van der Waals surface area (Å²) in [5, 5.41) is 0. The summed E-state index contributed by atoms with van der Waals surface area (Å²) in [5.41, 5.74) is 7.36. The second kappa shape index (κ2) is 4.18. The number of carbonyl (C=O) groups excluding carboxylic acids is 1. The molecular weight excluding hydrogens is 204 g/mol. The number of nitrogens with zero attached hydrogens (tertiary/aromatic N) is 1. The van der Waals surface area contributed by atoms with Crippen LogP contribution in [0.5, 0.6) is 5.75 Å². The van der Waals surface area contributed by atoms with Crippen molar-refractivity contribution in [3.8, 4) is 5.75 Å². The number of hydrogen-bond acceptors (Lipinski definition) is 3. The van der Waals surface area contributed by atoms with E-state index >= 15 is 0 Å². The molecule has 1 heterocycles. The number of hydrogen-bond donors (Lipinski definition) is 1. The summed E-state index contributed by atoms with van der Waals surface area (Å²) < 4.78 is 5.05. The van der Waals surface area contributed by atoms with Crippen molar-refractivity contribution in [2.45, 2.75) is 6.42 Å². The van der Waals surface area contributed by atoms with Crippen LogP contribution in [0, 0.1) is 0 Å². The van der Waals surface area contributed by atoms with E-state index in [4.69, 9.17) is 10.5 Å². The number of amidine groups is 1. The van der Waals surface area contributed by atoms with Gasteiger partial charge in [0, 0.05) is 5.57 Å². The van der Waals surface area contributed by atoms with Gasteiger partial charge in [0.05, 0.1) is 13.5 Å². The molecule has 2 N–H and O–H groups in total.